The molecule has 2 rings (SSSR count). The van der Waals surface area contributed by atoms with Crippen molar-refractivity contribution in [2.24, 2.45) is 5.73 Å². The van der Waals surface area contributed by atoms with Crippen LogP contribution in [0.5, 0.6) is 0 Å². The van der Waals surface area contributed by atoms with Gasteiger partial charge in [-0.2, -0.15) is 0 Å². The molecule has 0 bridgehead atoms. The number of aliphatic hydroxyl groups is 1. The average molecular weight is 165 g/mol. The van der Waals surface area contributed by atoms with Crippen LogP contribution in [0, 0.1) is 0 Å². The average Bonchev–Trinajstić information content (AvgIpc) is 2.04. The first-order valence-electron chi connectivity index (χ1n) is 3.93. The van der Waals surface area contributed by atoms with Gasteiger partial charge in [0.15, 0.2) is 0 Å². The van der Waals surface area contributed by atoms with Crippen LogP contribution in [0.4, 0.5) is 0 Å². The third-order valence-corrected chi connectivity index (χ3v) is 2.34. The molecule has 1 heterocycles. The van der Waals surface area contributed by atoms with Gasteiger partial charge in [-0.25, -0.2) is 9.97 Å². The molecule has 0 aliphatic heterocycles. The van der Waals surface area contributed by atoms with Crippen LogP contribution >= 0.6 is 0 Å². The van der Waals surface area contributed by atoms with E-state index < -0.39 is 0 Å². The minimum atomic E-state index is -0.388. The summed E-state index contributed by atoms with van der Waals surface area (Å²) in [5, 5.41) is 9.12. The van der Waals surface area contributed by atoms with Gasteiger partial charge in [-0.1, -0.05) is 0 Å². The Labute approximate surface area is 70.5 Å². The van der Waals surface area contributed by atoms with E-state index in [1.54, 1.807) is 12.4 Å². The van der Waals surface area contributed by atoms with Crippen LogP contribution in [0.2, 0.25) is 0 Å². The maximum absolute atomic E-state index is 9.12. The van der Waals surface area contributed by atoms with Crippen LogP contribution in [0.3, 0.4) is 0 Å². The summed E-state index contributed by atoms with van der Waals surface area (Å²) < 4.78 is 0. The van der Waals surface area contributed by atoms with Crippen LogP contribution in [0.15, 0.2) is 18.7 Å². The SMILES string of the molecule is NC1(c2cncnc2)CC(O)C1. The van der Waals surface area contributed by atoms with Gasteiger partial charge in [0.1, 0.15) is 6.33 Å². The fraction of sp³-hybridized carbons (Fsp3) is 0.500. The van der Waals surface area contributed by atoms with Crippen LogP contribution < -0.4 is 5.73 Å². The highest BCUT2D eigenvalue weighted by molar-refractivity contribution is 5.21. The molecule has 1 aromatic rings. The van der Waals surface area contributed by atoms with Gasteiger partial charge in [-0.3, -0.25) is 0 Å². The minimum Gasteiger partial charge on any atom is -0.393 e. The highest BCUT2D eigenvalue weighted by atomic mass is 16.3. The highest BCUT2D eigenvalue weighted by Gasteiger charge is 2.41. The third kappa shape index (κ3) is 1.09. The van der Waals surface area contributed by atoms with Gasteiger partial charge in [-0.05, 0) is 12.8 Å². The Morgan fingerprint density at radius 1 is 1.42 bits per heavy atom. The molecule has 4 nitrogen and oxygen atoms in total. The number of hydrogen-bond acceptors (Lipinski definition) is 4. The Bertz CT molecular complexity index is 269. The molecule has 1 fully saturated rings. The summed E-state index contributed by atoms with van der Waals surface area (Å²) in [6, 6.07) is 0. The second kappa shape index (κ2) is 2.50. The first-order chi connectivity index (χ1) is 5.71. The molecular weight excluding hydrogens is 154 g/mol. The van der Waals surface area contributed by atoms with Crippen molar-refractivity contribution in [2.75, 3.05) is 0 Å². The summed E-state index contributed by atoms with van der Waals surface area (Å²) in [6.45, 7) is 0. The van der Waals surface area contributed by atoms with Gasteiger partial charge in [0, 0.05) is 23.5 Å². The van der Waals surface area contributed by atoms with Crippen molar-refractivity contribution in [1.82, 2.24) is 9.97 Å². The van der Waals surface area contributed by atoms with Gasteiger partial charge in [0.05, 0.1) is 6.10 Å². The zero-order valence-electron chi connectivity index (χ0n) is 6.64. The predicted octanol–water partition coefficient (Wildman–Crippen LogP) is -0.215. The summed E-state index contributed by atoms with van der Waals surface area (Å²) >= 11 is 0. The van der Waals surface area contributed by atoms with Crippen molar-refractivity contribution in [1.29, 1.82) is 0 Å². The Morgan fingerprint density at radius 3 is 2.50 bits per heavy atom. The molecule has 1 aliphatic carbocycles. The standard InChI is InChI=1S/C8H11N3O/c9-8(1-7(12)2-8)6-3-10-5-11-4-6/h3-5,7,12H,1-2,9H2. The summed E-state index contributed by atoms with van der Waals surface area (Å²) in [7, 11) is 0. The lowest BCUT2D eigenvalue weighted by molar-refractivity contribution is 0.0206. The lowest BCUT2D eigenvalue weighted by atomic mass is 9.71. The molecule has 4 heteroatoms. The maximum atomic E-state index is 9.12. The molecule has 12 heavy (non-hydrogen) atoms. The summed E-state index contributed by atoms with van der Waals surface area (Å²) in [5.41, 5.74) is 6.50. The van der Waals surface area contributed by atoms with E-state index in [2.05, 4.69) is 9.97 Å². The van der Waals surface area contributed by atoms with Crippen molar-refractivity contribution in [3.8, 4) is 0 Å². The molecule has 0 unspecified atom stereocenters. The Kier molecular flexibility index (Phi) is 1.59. The van der Waals surface area contributed by atoms with Gasteiger partial charge in [0.25, 0.3) is 0 Å². The van der Waals surface area contributed by atoms with E-state index in [1.807, 2.05) is 0 Å². The molecule has 0 aromatic carbocycles. The Hall–Kier alpha value is -1.00. The normalized spacial score (nSPS) is 34.3. The van der Waals surface area contributed by atoms with Crippen LogP contribution in [0.1, 0.15) is 18.4 Å². The second-order valence-corrected chi connectivity index (χ2v) is 3.35. The van der Waals surface area contributed by atoms with Gasteiger partial charge >= 0.3 is 0 Å². The molecule has 0 atom stereocenters. The summed E-state index contributed by atoms with van der Waals surface area (Å²) in [4.78, 5) is 7.77. The third-order valence-electron chi connectivity index (χ3n) is 2.34. The molecule has 0 amide bonds. The molecule has 1 aromatic heterocycles. The van der Waals surface area contributed by atoms with Crippen molar-refractivity contribution in [2.45, 2.75) is 24.5 Å². The second-order valence-electron chi connectivity index (χ2n) is 3.35. The van der Waals surface area contributed by atoms with Gasteiger partial charge < -0.3 is 10.8 Å². The number of nitrogens with zero attached hydrogens (tertiary/aromatic N) is 2. The van der Waals surface area contributed by atoms with Gasteiger partial charge in [-0.15, -0.1) is 0 Å². The highest BCUT2D eigenvalue weighted by Crippen LogP contribution is 2.38. The number of aliphatic hydroxyl groups excluding tert-OH is 1. The van der Waals surface area contributed by atoms with Crippen molar-refractivity contribution in [3.05, 3.63) is 24.3 Å². The minimum absolute atomic E-state index is 0.254. The fourth-order valence-electron chi connectivity index (χ4n) is 1.57. The fourth-order valence-corrected chi connectivity index (χ4v) is 1.57. The number of rotatable bonds is 1. The summed E-state index contributed by atoms with van der Waals surface area (Å²) in [6.07, 6.45) is 5.86. The van der Waals surface area contributed by atoms with E-state index >= 15 is 0 Å². The van der Waals surface area contributed by atoms with E-state index in [1.165, 1.54) is 6.33 Å². The number of hydrogen-bond donors (Lipinski definition) is 2. The molecule has 64 valence electrons. The van der Waals surface area contributed by atoms with Crippen molar-refractivity contribution >= 4 is 0 Å². The Morgan fingerprint density at radius 2 is 2.00 bits per heavy atom. The molecule has 0 radical (unpaired) electrons. The zero-order chi connectivity index (χ0) is 8.60. The van der Waals surface area contributed by atoms with Crippen molar-refractivity contribution in [3.63, 3.8) is 0 Å². The largest absolute Gasteiger partial charge is 0.393 e. The van der Waals surface area contributed by atoms with Crippen molar-refractivity contribution < 1.29 is 5.11 Å². The monoisotopic (exact) mass is 165 g/mol. The molecule has 1 aliphatic rings. The molecular formula is C8H11N3O. The van der Waals surface area contributed by atoms with Crippen LogP contribution in [0.25, 0.3) is 0 Å². The lowest BCUT2D eigenvalue weighted by Gasteiger charge is -2.42. The van der Waals surface area contributed by atoms with E-state index in [4.69, 9.17) is 10.8 Å². The first-order valence-corrected chi connectivity index (χ1v) is 3.93. The van der Waals surface area contributed by atoms with Gasteiger partial charge in [0.2, 0.25) is 0 Å². The quantitative estimate of drug-likeness (QED) is 0.603. The molecule has 0 spiro atoms. The van der Waals surface area contributed by atoms with E-state index in [0.717, 1.165) is 5.56 Å². The Balaban J connectivity index is 2.21. The molecule has 0 saturated heterocycles. The van der Waals surface area contributed by atoms with E-state index in [-0.39, 0.29) is 11.6 Å². The summed E-state index contributed by atoms with van der Waals surface area (Å²) in [5.74, 6) is 0. The molecule has 3 N–H and O–H groups in total. The first kappa shape index (κ1) is 7.64. The molecule has 1 saturated carbocycles. The predicted molar refractivity (Wildman–Crippen MR) is 43.1 cm³/mol. The van der Waals surface area contributed by atoms with E-state index in [0.29, 0.717) is 12.8 Å². The van der Waals surface area contributed by atoms with E-state index in [9.17, 15) is 0 Å². The van der Waals surface area contributed by atoms with Crippen LogP contribution in [-0.4, -0.2) is 21.2 Å². The topological polar surface area (TPSA) is 72.0 Å². The van der Waals surface area contributed by atoms with Crippen LogP contribution in [-0.2, 0) is 5.54 Å². The maximum Gasteiger partial charge on any atom is 0.115 e. The number of nitrogens with two attached hydrogens (primary N) is 1. The number of aromatic nitrogens is 2. The lowest BCUT2D eigenvalue weighted by Crippen LogP contribution is -2.51. The smallest absolute Gasteiger partial charge is 0.115 e. The zero-order valence-corrected chi connectivity index (χ0v) is 6.64.